The van der Waals surface area contributed by atoms with E-state index in [1.807, 2.05) is 10.2 Å². The molecule has 0 aliphatic rings. The summed E-state index contributed by atoms with van der Waals surface area (Å²) in [4.78, 5) is 0. The van der Waals surface area contributed by atoms with Crippen molar-refractivity contribution in [2.75, 3.05) is 6.61 Å². The summed E-state index contributed by atoms with van der Waals surface area (Å²) in [5.74, 6) is 0.190. The van der Waals surface area contributed by atoms with Gasteiger partial charge in [-0.05, 0) is 46.5 Å². The molecule has 7 heteroatoms. The summed E-state index contributed by atoms with van der Waals surface area (Å²) < 4.78 is 51.9. The van der Waals surface area contributed by atoms with Crippen LogP contribution < -0.4 is 4.74 Å². The van der Waals surface area contributed by atoms with E-state index in [0.29, 0.717) is 0 Å². The second-order valence-electron chi connectivity index (χ2n) is 7.07. The van der Waals surface area contributed by atoms with Crippen molar-refractivity contribution in [2.24, 2.45) is 0 Å². The van der Waals surface area contributed by atoms with E-state index in [1.165, 1.54) is 12.1 Å². The molecule has 24 heavy (non-hydrogen) atoms. The van der Waals surface area contributed by atoms with Gasteiger partial charge in [0.15, 0.2) is 8.32 Å². The molecule has 0 aliphatic carbocycles. The van der Waals surface area contributed by atoms with Gasteiger partial charge in [-0.3, -0.25) is 0 Å². The number of halogens is 4. The quantitative estimate of drug-likeness (QED) is 0.351. The van der Waals surface area contributed by atoms with E-state index < -0.39 is 20.1 Å². The van der Waals surface area contributed by atoms with Crippen LogP contribution in [-0.4, -0.2) is 21.0 Å². The van der Waals surface area contributed by atoms with Gasteiger partial charge in [0.1, 0.15) is 12.4 Å². The topological polar surface area (TPSA) is 18.5 Å². The molecule has 0 radical (unpaired) electrons. The van der Waals surface area contributed by atoms with Crippen molar-refractivity contribution >= 4 is 30.9 Å². The first kappa shape index (κ1) is 21.5. The van der Waals surface area contributed by atoms with Crippen LogP contribution >= 0.6 is 22.6 Å². The first-order valence-corrected chi connectivity index (χ1v) is 11.8. The fourth-order valence-electron chi connectivity index (χ4n) is 1.71. The molecule has 2 nitrogen and oxygen atoms in total. The van der Waals surface area contributed by atoms with E-state index in [2.05, 4.69) is 56.5 Å². The van der Waals surface area contributed by atoms with Gasteiger partial charge in [0.05, 0.1) is 11.7 Å². The number of rotatable bonds is 6. The molecule has 0 heterocycles. The molecule has 1 rings (SSSR count). The standard InChI is InChI=1S/C17H24F3IO2Si/c1-16(2,3)24(4,5)23-15(9-10-21)12-22-14-8-6-7-13(11-14)17(18,19)20/h6-11,15H,12H2,1-5H3. The van der Waals surface area contributed by atoms with E-state index in [0.717, 1.165) is 12.1 Å². The molecule has 1 aromatic rings. The molecule has 1 unspecified atom stereocenters. The van der Waals surface area contributed by atoms with Crippen LogP contribution in [0.1, 0.15) is 26.3 Å². The smallest absolute Gasteiger partial charge is 0.416 e. The second-order valence-corrected chi connectivity index (χ2v) is 12.5. The number of hydrogen-bond donors (Lipinski definition) is 0. The first-order chi connectivity index (χ1) is 10.9. The molecular formula is C17H24F3IO2Si. The Kier molecular flexibility index (Phi) is 7.37. The Bertz CT molecular complexity index is 566. The lowest BCUT2D eigenvalue weighted by atomic mass is 10.2. The molecule has 0 N–H and O–H groups in total. The lowest BCUT2D eigenvalue weighted by Gasteiger charge is -2.38. The fourth-order valence-corrected chi connectivity index (χ4v) is 3.43. The minimum atomic E-state index is -4.38. The monoisotopic (exact) mass is 472 g/mol. The molecule has 0 spiro atoms. The third-order valence-corrected chi connectivity index (χ3v) is 9.03. The molecular weight excluding hydrogens is 448 g/mol. The van der Waals surface area contributed by atoms with Gasteiger partial charge in [0, 0.05) is 0 Å². The lowest BCUT2D eigenvalue weighted by Crippen LogP contribution is -2.44. The third-order valence-electron chi connectivity index (χ3n) is 4.12. The van der Waals surface area contributed by atoms with E-state index in [-0.39, 0.29) is 23.5 Å². The minimum Gasteiger partial charge on any atom is -0.491 e. The van der Waals surface area contributed by atoms with Crippen molar-refractivity contribution in [3.05, 3.63) is 40.0 Å². The van der Waals surface area contributed by atoms with Gasteiger partial charge < -0.3 is 9.16 Å². The number of ether oxygens (including phenoxy) is 1. The van der Waals surface area contributed by atoms with Crippen LogP contribution in [0, 0.1) is 0 Å². The van der Waals surface area contributed by atoms with Crippen LogP contribution in [0.5, 0.6) is 5.75 Å². The van der Waals surface area contributed by atoms with Gasteiger partial charge in [0.25, 0.3) is 0 Å². The molecule has 0 amide bonds. The van der Waals surface area contributed by atoms with Crippen molar-refractivity contribution in [2.45, 2.75) is 51.2 Å². The average Bonchev–Trinajstić information content (AvgIpc) is 2.43. The molecule has 0 aromatic heterocycles. The highest BCUT2D eigenvalue weighted by Crippen LogP contribution is 2.37. The third kappa shape index (κ3) is 6.40. The lowest BCUT2D eigenvalue weighted by molar-refractivity contribution is -0.137. The summed E-state index contributed by atoms with van der Waals surface area (Å²) in [7, 11) is -2.00. The maximum Gasteiger partial charge on any atom is 0.416 e. The van der Waals surface area contributed by atoms with Gasteiger partial charge in [-0.15, -0.1) is 0 Å². The predicted octanol–water partition coefficient (Wildman–Crippen LogP) is 6.42. The largest absolute Gasteiger partial charge is 0.491 e. The van der Waals surface area contributed by atoms with Crippen LogP contribution in [0.15, 0.2) is 34.4 Å². The highest BCUT2D eigenvalue weighted by Gasteiger charge is 2.39. The van der Waals surface area contributed by atoms with Crippen molar-refractivity contribution in [1.29, 1.82) is 0 Å². The highest BCUT2D eigenvalue weighted by atomic mass is 127. The Morgan fingerprint density at radius 1 is 1.21 bits per heavy atom. The van der Waals surface area contributed by atoms with Crippen molar-refractivity contribution in [3.63, 3.8) is 0 Å². The Morgan fingerprint density at radius 2 is 1.83 bits per heavy atom. The van der Waals surface area contributed by atoms with E-state index >= 15 is 0 Å². The van der Waals surface area contributed by atoms with E-state index in [4.69, 9.17) is 9.16 Å². The van der Waals surface area contributed by atoms with Gasteiger partial charge >= 0.3 is 6.18 Å². The van der Waals surface area contributed by atoms with E-state index in [1.54, 1.807) is 0 Å². The summed E-state index contributed by atoms with van der Waals surface area (Å²) >= 11 is 2.10. The van der Waals surface area contributed by atoms with Crippen LogP contribution in [0.4, 0.5) is 13.2 Å². The Morgan fingerprint density at radius 3 is 2.33 bits per heavy atom. The van der Waals surface area contributed by atoms with Crippen LogP contribution in [0.25, 0.3) is 0 Å². The Labute approximate surface area is 156 Å². The Hall–Kier alpha value is -0.543. The summed E-state index contributed by atoms with van der Waals surface area (Å²) in [6, 6.07) is 4.90. The number of alkyl halides is 3. The molecule has 0 fully saturated rings. The molecule has 1 aromatic carbocycles. The predicted molar refractivity (Wildman–Crippen MR) is 102 cm³/mol. The summed E-state index contributed by atoms with van der Waals surface area (Å²) in [5, 5.41) is 0.0422. The van der Waals surface area contributed by atoms with Gasteiger partial charge in [-0.1, -0.05) is 49.4 Å². The molecule has 0 bridgehead atoms. The average molecular weight is 472 g/mol. The van der Waals surface area contributed by atoms with E-state index in [9.17, 15) is 13.2 Å². The summed E-state index contributed by atoms with van der Waals surface area (Å²) in [6.45, 7) is 10.8. The second kappa shape index (κ2) is 8.22. The highest BCUT2D eigenvalue weighted by molar-refractivity contribution is 14.1. The fraction of sp³-hybridized carbons (Fsp3) is 0.529. The summed E-state index contributed by atoms with van der Waals surface area (Å²) in [6.07, 6.45) is -2.80. The Balaban J connectivity index is 2.81. The van der Waals surface area contributed by atoms with Crippen molar-refractivity contribution in [3.8, 4) is 5.75 Å². The normalized spacial score (nSPS) is 14.9. The molecule has 136 valence electrons. The van der Waals surface area contributed by atoms with Crippen LogP contribution in [0.3, 0.4) is 0 Å². The minimum absolute atomic E-state index is 0.0422. The van der Waals surface area contributed by atoms with Crippen molar-refractivity contribution in [1.82, 2.24) is 0 Å². The molecule has 0 saturated carbocycles. The number of hydrogen-bond acceptors (Lipinski definition) is 2. The molecule has 1 atom stereocenters. The zero-order chi connectivity index (χ0) is 18.6. The van der Waals surface area contributed by atoms with Gasteiger partial charge in [-0.2, -0.15) is 13.2 Å². The SMILES string of the molecule is CC(C)(C)[Si](C)(C)OC(C=CI)COc1cccc(C(F)(F)F)c1. The first-order valence-electron chi connectivity index (χ1n) is 7.61. The van der Waals surface area contributed by atoms with Crippen LogP contribution in [-0.2, 0) is 10.6 Å². The van der Waals surface area contributed by atoms with Crippen molar-refractivity contribution < 1.29 is 22.3 Å². The summed E-state index contributed by atoms with van der Waals surface area (Å²) in [5.41, 5.74) is -0.716. The molecule has 0 aliphatic heterocycles. The number of benzene rings is 1. The maximum absolute atomic E-state index is 12.8. The molecule has 0 saturated heterocycles. The maximum atomic E-state index is 12.8. The van der Waals surface area contributed by atoms with Crippen LogP contribution in [0.2, 0.25) is 18.1 Å². The van der Waals surface area contributed by atoms with Gasteiger partial charge in [-0.25, -0.2) is 0 Å². The van der Waals surface area contributed by atoms with Gasteiger partial charge in [0.2, 0.25) is 0 Å². The zero-order valence-electron chi connectivity index (χ0n) is 14.6. The zero-order valence-corrected chi connectivity index (χ0v) is 17.7.